The van der Waals surface area contributed by atoms with E-state index in [4.69, 9.17) is 9.47 Å². The van der Waals surface area contributed by atoms with Crippen molar-refractivity contribution in [1.82, 2.24) is 4.90 Å². The van der Waals surface area contributed by atoms with Crippen LogP contribution in [0.15, 0.2) is 72.9 Å². The minimum Gasteiger partial charge on any atom is -0.493 e. The Morgan fingerprint density at radius 3 is 2.15 bits per heavy atom. The first kappa shape index (κ1) is 24.6. The third-order valence-corrected chi connectivity index (χ3v) is 7.93. The topological polar surface area (TPSA) is 93.2 Å². The van der Waals surface area contributed by atoms with Crippen LogP contribution in [0.1, 0.15) is 44.8 Å². The molecule has 0 aliphatic carbocycles. The number of methoxy groups -OCH3 is 2. The Hall–Kier alpha value is -4.72. The van der Waals surface area contributed by atoms with Gasteiger partial charge >= 0.3 is 0 Å². The Kier molecular flexibility index (Phi) is 5.83. The molecule has 196 valence electrons. The summed E-state index contributed by atoms with van der Waals surface area (Å²) in [6, 6.07) is 17.6. The van der Waals surface area contributed by atoms with Crippen LogP contribution in [0.5, 0.6) is 11.5 Å². The van der Waals surface area contributed by atoms with Gasteiger partial charge in [0.05, 0.1) is 37.8 Å². The van der Waals surface area contributed by atoms with Gasteiger partial charge in [-0.25, -0.2) is 4.90 Å². The van der Waals surface area contributed by atoms with Crippen molar-refractivity contribution in [2.75, 3.05) is 19.1 Å². The van der Waals surface area contributed by atoms with Crippen molar-refractivity contribution in [2.45, 2.75) is 19.0 Å². The number of nitrogens with zero attached hydrogens (tertiary/aromatic N) is 2. The summed E-state index contributed by atoms with van der Waals surface area (Å²) in [5, 5.41) is 0. The first-order valence-corrected chi connectivity index (χ1v) is 12.7. The van der Waals surface area contributed by atoms with Gasteiger partial charge in [0.2, 0.25) is 11.8 Å². The van der Waals surface area contributed by atoms with E-state index < -0.39 is 29.8 Å². The largest absolute Gasteiger partial charge is 0.493 e. The number of benzene rings is 3. The third kappa shape index (κ3) is 3.66. The average molecular weight is 523 g/mol. The Morgan fingerprint density at radius 1 is 0.795 bits per heavy atom. The number of ether oxygens (including phenoxy) is 2. The van der Waals surface area contributed by atoms with Gasteiger partial charge in [0.1, 0.15) is 6.04 Å². The lowest BCUT2D eigenvalue weighted by Crippen LogP contribution is -2.44. The monoisotopic (exact) mass is 522 g/mol. The van der Waals surface area contributed by atoms with Crippen LogP contribution in [-0.2, 0) is 9.59 Å². The lowest BCUT2D eigenvalue weighted by molar-refractivity contribution is -0.123. The molecule has 2 amide bonds. The lowest BCUT2D eigenvalue weighted by Gasteiger charge is -2.35. The number of ketones is 2. The number of hydrogen-bond donors (Lipinski definition) is 0. The molecule has 3 aromatic rings. The summed E-state index contributed by atoms with van der Waals surface area (Å²) in [7, 11) is 3.01. The maximum absolute atomic E-state index is 14.1. The molecule has 3 aliphatic heterocycles. The molecule has 0 bridgehead atoms. The highest BCUT2D eigenvalue weighted by molar-refractivity contribution is 6.24. The number of imide groups is 1. The van der Waals surface area contributed by atoms with Crippen LogP contribution in [0.25, 0.3) is 6.08 Å². The van der Waals surface area contributed by atoms with Crippen LogP contribution in [-0.4, -0.2) is 48.5 Å². The van der Waals surface area contributed by atoms with Gasteiger partial charge in [-0.15, -0.1) is 0 Å². The SMILES string of the molecule is COc1ccc(C(=O)[C@@H]2[C@@H]3C(=O)N(c4ccc(C(C)=O)cc4)C(=O)[C@@H]3[C@@H]3c4ccccc4C=CN23)cc1OC. The highest BCUT2D eigenvalue weighted by Crippen LogP contribution is 2.53. The summed E-state index contributed by atoms with van der Waals surface area (Å²) in [6.07, 6.45) is 3.73. The molecule has 2 saturated heterocycles. The van der Waals surface area contributed by atoms with Gasteiger partial charge in [0.25, 0.3) is 0 Å². The van der Waals surface area contributed by atoms with Crippen LogP contribution in [0, 0.1) is 11.8 Å². The second-order valence-corrected chi connectivity index (χ2v) is 9.88. The van der Waals surface area contributed by atoms with Gasteiger partial charge in [-0.05, 0) is 66.6 Å². The molecule has 0 spiro atoms. The molecule has 6 rings (SSSR count). The van der Waals surface area contributed by atoms with Gasteiger partial charge in [-0.3, -0.25) is 19.2 Å². The fraction of sp³-hybridized carbons (Fsp3) is 0.226. The molecule has 0 N–H and O–H groups in total. The highest BCUT2D eigenvalue weighted by Gasteiger charge is 2.64. The summed E-state index contributed by atoms with van der Waals surface area (Å²) >= 11 is 0. The Bertz CT molecular complexity index is 1560. The number of fused-ring (bicyclic) bond motifs is 5. The molecule has 0 aromatic heterocycles. The molecule has 8 heteroatoms. The van der Waals surface area contributed by atoms with Crippen molar-refractivity contribution in [1.29, 1.82) is 0 Å². The van der Waals surface area contributed by atoms with E-state index >= 15 is 0 Å². The summed E-state index contributed by atoms with van der Waals surface area (Å²) in [4.78, 5) is 57.0. The number of rotatable bonds is 6. The van der Waals surface area contributed by atoms with E-state index in [0.29, 0.717) is 28.3 Å². The quantitative estimate of drug-likeness (QED) is 0.352. The van der Waals surface area contributed by atoms with Gasteiger partial charge < -0.3 is 14.4 Å². The molecule has 0 unspecified atom stereocenters. The van der Waals surface area contributed by atoms with Crippen LogP contribution in [0.3, 0.4) is 0 Å². The molecular formula is C31H26N2O6. The van der Waals surface area contributed by atoms with Crippen molar-refractivity contribution >= 4 is 35.1 Å². The van der Waals surface area contributed by atoms with Crippen molar-refractivity contribution in [3.8, 4) is 11.5 Å². The molecule has 3 aromatic carbocycles. The molecule has 0 saturated carbocycles. The molecule has 8 nitrogen and oxygen atoms in total. The average Bonchev–Trinajstić information content (AvgIpc) is 3.44. The van der Waals surface area contributed by atoms with Gasteiger partial charge in [0.15, 0.2) is 23.1 Å². The van der Waals surface area contributed by atoms with Crippen LogP contribution in [0.4, 0.5) is 5.69 Å². The number of anilines is 1. The standard InChI is InChI=1S/C31H26N2O6/c1-17(34)18-8-11-21(12-9-18)33-30(36)25-26(31(33)37)28(29(35)20-10-13-23(38-2)24(16-20)39-3)32-15-14-19-6-4-5-7-22(19)27(25)32/h4-16,25-28H,1-3H3/t25-,26+,27-,28-/m0/s1. The molecular weight excluding hydrogens is 496 g/mol. The Labute approximate surface area is 225 Å². The number of amides is 2. The highest BCUT2D eigenvalue weighted by atomic mass is 16.5. The van der Waals surface area contributed by atoms with Gasteiger partial charge in [0, 0.05) is 17.3 Å². The number of carbonyl (C=O) groups is 4. The summed E-state index contributed by atoms with van der Waals surface area (Å²) in [5.41, 5.74) is 3.06. The molecule has 2 fully saturated rings. The van der Waals surface area contributed by atoms with Crippen molar-refractivity contribution in [3.05, 3.63) is 95.2 Å². The van der Waals surface area contributed by atoms with E-state index in [1.54, 1.807) is 42.5 Å². The number of hydrogen-bond acceptors (Lipinski definition) is 7. The van der Waals surface area contributed by atoms with Crippen LogP contribution >= 0.6 is 0 Å². The molecule has 0 radical (unpaired) electrons. The molecule has 3 heterocycles. The Balaban J connectivity index is 1.46. The minimum absolute atomic E-state index is 0.112. The van der Waals surface area contributed by atoms with E-state index in [9.17, 15) is 19.2 Å². The van der Waals surface area contributed by atoms with Crippen molar-refractivity contribution < 1.29 is 28.7 Å². The normalized spacial score (nSPS) is 22.8. The van der Waals surface area contributed by atoms with Crippen LogP contribution in [0.2, 0.25) is 0 Å². The first-order chi connectivity index (χ1) is 18.8. The van der Waals surface area contributed by atoms with Crippen molar-refractivity contribution in [2.24, 2.45) is 11.8 Å². The zero-order valence-electron chi connectivity index (χ0n) is 21.7. The Morgan fingerprint density at radius 2 is 1.46 bits per heavy atom. The van der Waals surface area contributed by atoms with E-state index in [0.717, 1.165) is 11.1 Å². The smallest absolute Gasteiger partial charge is 0.240 e. The minimum atomic E-state index is -0.902. The van der Waals surface area contributed by atoms with Gasteiger partial charge in [-0.1, -0.05) is 24.3 Å². The maximum atomic E-state index is 14.1. The molecule has 4 atom stereocenters. The maximum Gasteiger partial charge on any atom is 0.240 e. The number of carbonyl (C=O) groups excluding carboxylic acids is 4. The van der Waals surface area contributed by atoms with E-state index in [-0.39, 0.29) is 17.5 Å². The predicted molar refractivity (Wildman–Crippen MR) is 144 cm³/mol. The fourth-order valence-corrected chi connectivity index (χ4v) is 6.12. The first-order valence-electron chi connectivity index (χ1n) is 12.7. The second-order valence-electron chi connectivity index (χ2n) is 9.88. The van der Waals surface area contributed by atoms with Crippen LogP contribution < -0.4 is 14.4 Å². The molecule has 3 aliphatic rings. The number of Topliss-reactive ketones (excluding diaryl/α,β-unsaturated/α-hetero) is 2. The van der Waals surface area contributed by atoms with Crippen molar-refractivity contribution in [3.63, 3.8) is 0 Å². The second kappa shape index (κ2) is 9.23. The zero-order valence-corrected chi connectivity index (χ0v) is 21.7. The zero-order chi connectivity index (χ0) is 27.4. The third-order valence-electron chi connectivity index (χ3n) is 7.93. The van der Waals surface area contributed by atoms with Gasteiger partial charge in [-0.2, -0.15) is 0 Å². The van der Waals surface area contributed by atoms with E-state index in [1.165, 1.54) is 26.0 Å². The molecule has 39 heavy (non-hydrogen) atoms. The van der Waals surface area contributed by atoms with E-state index in [1.807, 2.05) is 41.4 Å². The predicted octanol–water partition coefficient (Wildman–Crippen LogP) is 4.30. The van der Waals surface area contributed by atoms with E-state index in [2.05, 4.69) is 0 Å². The lowest BCUT2D eigenvalue weighted by atomic mass is 9.83. The summed E-state index contributed by atoms with van der Waals surface area (Å²) in [5.74, 6) is -1.96. The summed E-state index contributed by atoms with van der Waals surface area (Å²) in [6.45, 7) is 1.46. The fourth-order valence-electron chi connectivity index (χ4n) is 6.12. The summed E-state index contributed by atoms with van der Waals surface area (Å²) < 4.78 is 10.7.